The van der Waals surface area contributed by atoms with Crippen molar-refractivity contribution in [1.82, 2.24) is 10.2 Å². The summed E-state index contributed by atoms with van der Waals surface area (Å²) in [7, 11) is 0. The minimum absolute atomic E-state index is 0.0670. The zero-order valence-corrected chi connectivity index (χ0v) is 15.4. The molecule has 3 rings (SSSR count). The Labute approximate surface area is 162 Å². The highest BCUT2D eigenvalue weighted by Crippen LogP contribution is 2.21. The van der Waals surface area contributed by atoms with Gasteiger partial charge in [-0.2, -0.15) is 0 Å². The van der Waals surface area contributed by atoms with E-state index in [4.69, 9.17) is 5.11 Å². The second kappa shape index (κ2) is 8.49. The lowest BCUT2D eigenvalue weighted by atomic mass is 10.1. The zero-order chi connectivity index (χ0) is 20.1. The van der Waals surface area contributed by atoms with Crippen LogP contribution in [-0.4, -0.2) is 40.9 Å². The summed E-state index contributed by atoms with van der Waals surface area (Å²) in [6.07, 6.45) is 1.17. The summed E-state index contributed by atoms with van der Waals surface area (Å²) in [5.41, 5.74) is 2.94. The van der Waals surface area contributed by atoms with Gasteiger partial charge in [0.1, 0.15) is 5.70 Å². The molecule has 0 aliphatic carbocycles. The van der Waals surface area contributed by atoms with Gasteiger partial charge >= 0.3 is 0 Å². The van der Waals surface area contributed by atoms with Crippen LogP contribution in [0.25, 0.3) is 0 Å². The molecule has 3 amide bonds. The molecule has 7 heteroatoms. The van der Waals surface area contributed by atoms with Gasteiger partial charge in [-0.05, 0) is 24.6 Å². The number of carbonyl (C=O) groups is 3. The van der Waals surface area contributed by atoms with Crippen LogP contribution in [0.3, 0.4) is 0 Å². The van der Waals surface area contributed by atoms with Crippen molar-refractivity contribution in [3.63, 3.8) is 0 Å². The molecule has 1 aliphatic heterocycles. The topological polar surface area (TPSA) is 98.7 Å². The summed E-state index contributed by atoms with van der Waals surface area (Å²) in [6.45, 7) is 1.98. The molecule has 1 aliphatic rings. The lowest BCUT2D eigenvalue weighted by molar-refractivity contribution is -0.137. The molecule has 7 nitrogen and oxygen atoms in total. The van der Waals surface area contributed by atoms with E-state index in [1.54, 1.807) is 24.3 Å². The number of rotatable bonds is 7. The number of aliphatic hydroxyl groups is 1. The van der Waals surface area contributed by atoms with Crippen LogP contribution in [0, 0.1) is 6.92 Å². The average Bonchev–Trinajstić information content (AvgIpc) is 2.94. The normalized spacial score (nSPS) is 13.5. The number of para-hydroxylation sites is 1. The smallest absolute Gasteiger partial charge is 0.277 e. The molecule has 144 valence electrons. The molecule has 0 bridgehead atoms. The molecule has 0 atom stereocenters. The highest BCUT2D eigenvalue weighted by Gasteiger charge is 2.31. The summed E-state index contributed by atoms with van der Waals surface area (Å²) in [4.78, 5) is 37.8. The van der Waals surface area contributed by atoms with Crippen molar-refractivity contribution >= 4 is 23.4 Å². The minimum Gasteiger partial charge on any atom is -0.395 e. The highest BCUT2D eigenvalue weighted by atomic mass is 16.3. The van der Waals surface area contributed by atoms with Gasteiger partial charge in [-0.15, -0.1) is 0 Å². The van der Waals surface area contributed by atoms with E-state index in [-0.39, 0.29) is 24.8 Å². The van der Waals surface area contributed by atoms with Crippen molar-refractivity contribution in [2.24, 2.45) is 0 Å². The van der Waals surface area contributed by atoms with Crippen molar-refractivity contribution in [2.75, 3.05) is 18.5 Å². The van der Waals surface area contributed by atoms with Gasteiger partial charge in [0, 0.05) is 12.6 Å². The molecule has 0 aromatic heterocycles. The van der Waals surface area contributed by atoms with Crippen LogP contribution in [0.1, 0.15) is 21.5 Å². The van der Waals surface area contributed by atoms with E-state index >= 15 is 0 Å². The first kappa shape index (κ1) is 19.3. The first-order valence-corrected chi connectivity index (χ1v) is 8.88. The maximum absolute atomic E-state index is 12.6. The molecule has 0 radical (unpaired) electrons. The second-order valence-corrected chi connectivity index (χ2v) is 6.42. The molecular weight excluding hydrogens is 358 g/mol. The van der Waals surface area contributed by atoms with Crippen LogP contribution in [0.4, 0.5) is 5.69 Å². The Balaban J connectivity index is 1.72. The van der Waals surface area contributed by atoms with Crippen LogP contribution >= 0.6 is 0 Å². The first-order chi connectivity index (χ1) is 13.5. The van der Waals surface area contributed by atoms with Crippen LogP contribution in [0.2, 0.25) is 0 Å². The maximum atomic E-state index is 12.6. The average molecular weight is 379 g/mol. The number of nitrogens with one attached hydrogen (secondary N) is 2. The van der Waals surface area contributed by atoms with Gasteiger partial charge in [0.15, 0.2) is 0 Å². The lowest BCUT2D eigenvalue weighted by Gasteiger charge is -2.15. The van der Waals surface area contributed by atoms with Crippen LogP contribution in [0.5, 0.6) is 0 Å². The largest absolute Gasteiger partial charge is 0.395 e. The number of hydrogen-bond donors (Lipinski definition) is 3. The number of anilines is 1. The molecule has 0 spiro atoms. The van der Waals surface area contributed by atoms with Gasteiger partial charge in [-0.3, -0.25) is 19.3 Å². The van der Waals surface area contributed by atoms with Gasteiger partial charge in [0.25, 0.3) is 17.7 Å². The summed E-state index contributed by atoms with van der Waals surface area (Å²) in [5.74, 6) is -1.33. The van der Waals surface area contributed by atoms with Gasteiger partial charge in [-0.1, -0.05) is 42.0 Å². The number of benzene rings is 2. The Morgan fingerprint density at radius 3 is 2.64 bits per heavy atom. The lowest BCUT2D eigenvalue weighted by Crippen LogP contribution is -2.34. The van der Waals surface area contributed by atoms with E-state index < -0.39 is 11.8 Å². The summed E-state index contributed by atoms with van der Waals surface area (Å²) in [6, 6.07) is 14.6. The number of aryl methyl sites for hydroxylation is 1. The standard InChI is InChI=1S/C21H21N3O4/c1-14-5-4-6-15(11-14)13-22-20(27)16-7-2-3-8-17(16)23-18-12-19(26)24(9-10-25)21(18)28/h2-8,11-12,23,25H,9-10,13H2,1H3,(H,22,27). The Morgan fingerprint density at radius 1 is 1.11 bits per heavy atom. The molecule has 0 unspecified atom stereocenters. The van der Waals surface area contributed by atoms with Crippen molar-refractivity contribution in [3.05, 3.63) is 77.0 Å². The molecular formula is C21H21N3O4. The van der Waals surface area contributed by atoms with Gasteiger partial charge < -0.3 is 15.7 Å². The number of carbonyl (C=O) groups excluding carboxylic acids is 3. The highest BCUT2D eigenvalue weighted by molar-refractivity contribution is 6.17. The van der Waals surface area contributed by atoms with Gasteiger partial charge in [0.05, 0.1) is 24.4 Å². The Bertz CT molecular complexity index is 952. The maximum Gasteiger partial charge on any atom is 0.277 e. The number of amides is 3. The SMILES string of the molecule is Cc1cccc(CNC(=O)c2ccccc2NC2=CC(=O)N(CCO)C2=O)c1. The summed E-state index contributed by atoms with van der Waals surface area (Å²) in [5, 5.41) is 14.7. The van der Waals surface area contributed by atoms with Crippen molar-refractivity contribution < 1.29 is 19.5 Å². The van der Waals surface area contributed by atoms with E-state index in [1.807, 2.05) is 31.2 Å². The minimum atomic E-state index is -0.533. The number of nitrogens with zero attached hydrogens (tertiary/aromatic N) is 1. The summed E-state index contributed by atoms with van der Waals surface area (Å²) >= 11 is 0. The third kappa shape index (κ3) is 4.27. The molecule has 2 aromatic carbocycles. The molecule has 1 heterocycles. The van der Waals surface area contributed by atoms with E-state index in [0.717, 1.165) is 16.0 Å². The van der Waals surface area contributed by atoms with Crippen LogP contribution in [0.15, 0.2) is 60.3 Å². The monoisotopic (exact) mass is 379 g/mol. The Kier molecular flexibility index (Phi) is 5.86. The van der Waals surface area contributed by atoms with E-state index in [1.165, 1.54) is 6.08 Å². The third-order valence-electron chi connectivity index (χ3n) is 4.31. The predicted molar refractivity (Wildman–Crippen MR) is 104 cm³/mol. The molecule has 0 saturated heterocycles. The molecule has 0 saturated carbocycles. The van der Waals surface area contributed by atoms with Crippen molar-refractivity contribution in [1.29, 1.82) is 0 Å². The zero-order valence-electron chi connectivity index (χ0n) is 15.4. The van der Waals surface area contributed by atoms with Crippen LogP contribution < -0.4 is 10.6 Å². The fourth-order valence-corrected chi connectivity index (χ4v) is 2.94. The van der Waals surface area contributed by atoms with Gasteiger partial charge in [0.2, 0.25) is 0 Å². The molecule has 28 heavy (non-hydrogen) atoms. The van der Waals surface area contributed by atoms with Crippen LogP contribution in [-0.2, 0) is 16.1 Å². The van der Waals surface area contributed by atoms with Crippen molar-refractivity contribution in [2.45, 2.75) is 13.5 Å². The molecule has 3 N–H and O–H groups in total. The molecule has 2 aromatic rings. The Morgan fingerprint density at radius 2 is 1.89 bits per heavy atom. The second-order valence-electron chi connectivity index (χ2n) is 6.42. The predicted octanol–water partition coefficient (Wildman–Crippen LogP) is 1.58. The van der Waals surface area contributed by atoms with E-state index in [0.29, 0.717) is 17.8 Å². The Hall–Kier alpha value is -3.45. The van der Waals surface area contributed by atoms with Crippen molar-refractivity contribution in [3.8, 4) is 0 Å². The van der Waals surface area contributed by atoms with E-state index in [9.17, 15) is 14.4 Å². The number of β-amino-alcohol motifs (C(OH)–C–C–N with tert-alkyl or cyclic N) is 1. The first-order valence-electron chi connectivity index (χ1n) is 8.88. The molecule has 0 fully saturated rings. The summed E-state index contributed by atoms with van der Waals surface area (Å²) < 4.78 is 0. The van der Waals surface area contributed by atoms with Gasteiger partial charge in [-0.25, -0.2) is 0 Å². The fraction of sp³-hybridized carbons (Fsp3) is 0.190. The van der Waals surface area contributed by atoms with E-state index in [2.05, 4.69) is 10.6 Å². The number of hydrogen-bond acceptors (Lipinski definition) is 5. The fourth-order valence-electron chi connectivity index (χ4n) is 2.94. The number of imide groups is 1. The number of aliphatic hydroxyl groups excluding tert-OH is 1. The third-order valence-corrected chi connectivity index (χ3v) is 4.31. The quantitative estimate of drug-likeness (QED) is 0.635.